The molecule has 2 nitrogen and oxygen atoms in total. The molecule has 0 fully saturated rings. The lowest BCUT2D eigenvalue weighted by Crippen LogP contribution is -2.35. The maximum Gasteiger partial charge on any atom is 0.0637 e. The van der Waals surface area contributed by atoms with Gasteiger partial charge in [-0.25, -0.2) is 0 Å². The molecule has 1 unspecified atom stereocenters. The quantitative estimate of drug-likeness (QED) is 0.890. The second kappa shape index (κ2) is 6.05. The molecule has 1 rings (SSSR count). The van der Waals surface area contributed by atoms with Crippen molar-refractivity contribution in [1.29, 1.82) is 0 Å². The lowest BCUT2D eigenvalue weighted by Gasteiger charge is -2.26. The minimum absolute atomic E-state index is 0.0172. The van der Waals surface area contributed by atoms with Crippen molar-refractivity contribution in [2.45, 2.75) is 38.3 Å². The fourth-order valence-electron chi connectivity index (χ4n) is 1.76. The van der Waals surface area contributed by atoms with E-state index in [0.717, 1.165) is 18.4 Å². The van der Waals surface area contributed by atoms with E-state index in [0.29, 0.717) is 10.0 Å². The molecule has 0 saturated heterocycles. The number of rotatable bonds is 5. The first-order valence-corrected chi connectivity index (χ1v) is 6.34. The van der Waals surface area contributed by atoms with Gasteiger partial charge in [0.1, 0.15) is 0 Å². The van der Waals surface area contributed by atoms with Crippen molar-refractivity contribution >= 4 is 23.2 Å². The Hall–Kier alpha value is -0.280. The summed E-state index contributed by atoms with van der Waals surface area (Å²) in [6.45, 7) is 4.05. The standard InChI is InChI=1S/C13H19Cl2NO/c1-13(2,17-3)8-11(16)6-9-4-5-10(14)7-12(9)15/h4-5,7,11H,6,8,16H2,1-3H3. The molecular weight excluding hydrogens is 257 g/mol. The summed E-state index contributed by atoms with van der Waals surface area (Å²) in [5, 5.41) is 1.31. The van der Waals surface area contributed by atoms with Crippen LogP contribution in [0, 0.1) is 0 Å². The summed E-state index contributed by atoms with van der Waals surface area (Å²) in [5.74, 6) is 0. The molecule has 2 N–H and O–H groups in total. The van der Waals surface area contributed by atoms with Gasteiger partial charge in [0.15, 0.2) is 0 Å². The average molecular weight is 276 g/mol. The number of hydrogen-bond acceptors (Lipinski definition) is 2. The molecule has 1 aromatic carbocycles. The van der Waals surface area contributed by atoms with E-state index in [2.05, 4.69) is 0 Å². The van der Waals surface area contributed by atoms with E-state index in [1.807, 2.05) is 26.0 Å². The van der Waals surface area contributed by atoms with Crippen molar-refractivity contribution in [3.63, 3.8) is 0 Å². The predicted molar refractivity (Wildman–Crippen MR) is 73.8 cm³/mol. The number of methoxy groups -OCH3 is 1. The van der Waals surface area contributed by atoms with Gasteiger partial charge in [0.25, 0.3) is 0 Å². The molecule has 0 spiro atoms. The highest BCUT2D eigenvalue weighted by Crippen LogP contribution is 2.24. The van der Waals surface area contributed by atoms with Crippen LogP contribution in [0.3, 0.4) is 0 Å². The van der Waals surface area contributed by atoms with Crippen molar-refractivity contribution in [3.8, 4) is 0 Å². The number of halogens is 2. The number of ether oxygens (including phenoxy) is 1. The molecule has 0 aliphatic rings. The highest BCUT2D eigenvalue weighted by molar-refractivity contribution is 6.35. The van der Waals surface area contributed by atoms with Crippen molar-refractivity contribution in [2.75, 3.05) is 7.11 Å². The number of benzene rings is 1. The Morgan fingerprint density at radius 2 is 2.00 bits per heavy atom. The fourth-order valence-corrected chi connectivity index (χ4v) is 2.24. The third kappa shape index (κ3) is 4.84. The van der Waals surface area contributed by atoms with Gasteiger partial charge in [-0.05, 0) is 44.4 Å². The molecule has 17 heavy (non-hydrogen) atoms. The van der Waals surface area contributed by atoms with Crippen LogP contribution >= 0.6 is 23.2 Å². The third-order valence-electron chi connectivity index (χ3n) is 2.80. The van der Waals surface area contributed by atoms with Crippen LogP contribution in [-0.2, 0) is 11.2 Å². The Labute approximate surface area is 113 Å². The first kappa shape index (κ1) is 14.8. The summed E-state index contributed by atoms with van der Waals surface area (Å²) in [6, 6.07) is 5.51. The molecule has 1 aromatic rings. The van der Waals surface area contributed by atoms with E-state index in [1.54, 1.807) is 13.2 Å². The molecule has 0 saturated carbocycles. The highest BCUT2D eigenvalue weighted by Gasteiger charge is 2.21. The molecule has 0 aromatic heterocycles. The van der Waals surface area contributed by atoms with Gasteiger partial charge in [0.05, 0.1) is 5.60 Å². The van der Waals surface area contributed by atoms with Gasteiger partial charge in [0, 0.05) is 23.2 Å². The smallest absolute Gasteiger partial charge is 0.0637 e. The largest absolute Gasteiger partial charge is 0.379 e. The summed E-state index contributed by atoms with van der Waals surface area (Å²) in [4.78, 5) is 0. The molecule has 0 aliphatic carbocycles. The zero-order chi connectivity index (χ0) is 13.1. The Morgan fingerprint density at radius 3 is 2.53 bits per heavy atom. The number of hydrogen-bond donors (Lipinski definition) is 1. The van der Waals surface area contributed by atoms with Crippen LogP contribution in [0.5, 0.6) is 0 Å². The first-order chi connectivity index (χ1) is 7.84. The van der Waals surface area contributed by atoms with Gasteiger partial charge in [-0.15, -0.1) is 0 Å². The molecule has 0 bridgehead atoms. The third-order valence-corrected chi connectivity index (χ3v) is 3.39. The molecule has 1 atom stereocenters. The normalized spacial score (nSPS) is 13.8. The zero-order valence-corrected chi connectivity index (χ0v) is 12.0. The van der Waals surface area contributed by atoms with Crippen LogP contribution in [0.1, 0.15) is 25.8 Å². The number of nitrogens with two attached hydrogens (primary N) is 1. The fraction of sp³-hybridized carbons (Fsp3) is 0.538. The molecular formula is C13H19Cl2NO. The van der Waals surface area contributed by atoms with Gasteiger partial charge in [0.2, 0.25) is 0 Å². The van der Waals surface area contributed by atoms with E-state index in [1.165, 1.54) is 0 Å². The second-order valence-electron chi connectivity index (χ2n) is 4.87. The van der Waals surface area contributed by atoms with Crippen molar-refractivity contribution in [1.82, 2.24) is 0 Å². The van der Waals surface area contributed by atoms with Crippen LogP contribution in [0.25, 0.3) is 0 Å². The second-order valence-corrected chi connectivity index (χ2v) is 5.71. The Morgan fingerprint density at radius 1 is 1.35 bits per heavy atom. The lowest BCUT2D eigenvalue weighted by molar-refractivity contribution is 0.0102. The molecule has 0 radical (unpaired) electrons. The van der Waals surface area contributed by atoms with E-state index >= 15 is 0 Å². The Bertz CT molecular complexity index is 380. The Kier molecular flexibility index (Phi) is 5.26. The minimum atomic E-state index is -0.210. The summed E-state index contributed by atoms with van der Waals surface area (Å²) < 4.78 is 5.36. The van der Waals surface area contributed by atoms with E-state index in [4.69, 9.17) is 33.7 Å². The summed E-state index contributed by atoms with van der Waals surface area (Å²) in [7, 11) is 1.70. The van der Waals surface area contributed by atoms with Gasteiger partial charge in [-0.2, -0.15) is 0 Å². The van der Waals surface area contributed by atoms with Crippen LogP contribution < -0.4 is 5.73 Å². The summed E-state index contributed by atoms with van der Waals surface area (Å²) >= 11 is 12.0. The van der Waals surface area contributed by atoms with Crippen molar-refractivity contribution < 1.29 is 4.74 Å². The topological polar surface area (TPSA) is 35.2 Å². The molecule has 4 heteroatoms. The van der Waals surface area contributed by atoms with E-state index in [9.17, 15) is 0 Å². The lowest BCUT2D eigenvalue weighted by atomic mass is 9.95. The highest BCUT2D eigenvalue weighted by atomic mass is 35.5. The maximum atomic E-state index is 6.11. The van der Waals surface area contributed by atoms with Gasteiger partial charge >= 0.3 is 0 Å². The zero-order valence-electron chi connectivity index (χ0n) is 10.5. The molecule has 0 amide bonds. The van der Waals surface area contributed by atoms with Crippen molar-refractivity contribution in [2.24, 2.45) is 5.73 Å². The minimum Gasteiger partial charge on any atom is -0.379 e. The van der Waals surface area contributed by atoms with Gasteiger partial charge in [-0.3, -0.25) is 0 Å². The SMILES string of the molecule is COC(C)(C)CC(N)Cc1ccc(Cl)cc1Cl. The van der Waals surface area contributed by atoms with E-state index in [-0.39, 0.29) is 11.6 Å². The molecule has 96 valence electrons. The molecule has 0 aliphatic heterocycles. The van der Waals surface area contributed by atoms with Crippen LogP contribution in [0.15, 0.2) is 18.2 Å². The first-order valence-electron chi connectivity index (χ1n) is 5.59. The summed E-state index contributed by atoms with van der Waals surface area (Å²) in [5.41, 5.74) is 6.92. The van der Waals surface area contributed by atoms with Gasteiger partial charge in [-0.1, -0.05) is 29.3 Å². The maximum absolute atomic E-state index is 6.11. The average Bonchev–Trinajstić information content (AvgIpc) is 2.21. The van der Waals surface area contributed by atoms with Crippen LogP contribution in [0.2, 0.25) is 10.0 Å². The van der Waals surface area contributed by atoms with Gasteiger partial charge < -0.3 is 10.5 Å². The van der Waals surface area contributed by atoms with Crippen molar-refractivity contribution in [3.05, 3.63) is 33.8 Å². The summed E-state index contributed by atoms with van der Waals surface area (Å²) in [6.07, 6.45) is 1.51. The van der Waals surface area contributed by atoms with Crippen LogP contribution in [0.4, 0.5) is 0 Å². The predicted octanol–water partition coefficient (Wildman–Crippen LogP) is 3.68. The molecule has 0 heterocycles. The van der Waals surface area contributed by atoms with Crippen LogP contribution in [-0.4, -0.2) is 18.8 Å². The van der Waals surface area contributed by atoms with E-state index < -0.39 is 0 Å². The monoisotopic (exact) mass is 275 g/mol. The Balaban J connectivity index is 2.65.